The third-order valence-corrected chi connectivity index (χ3v) is 6.99. The SMILES string of the molecule is CCCN1CCCC2(CCCN2S(=O)(=O)c2cc(F)cc(F)c2)C1=O. The lowest BCUT2D eigenvalue weighted by Gasteiger charge is -2.43. The summed E-state index contributed by atoms with van der Waals surface area (Å²) in [4.78, 5) is 14.3. The number of piperidine rings is 1. The van der Waals surface area contributed by atoms with Gasteiger partial charge in [0.1, 0.15) is 17.2 Å². The van der Waals surface area contributed by atoms with Crippen molar-refractivity contribution in [2.45, 2.75) is 49.5 Å². The molecule has 2 saturated heterocycles. The number of amides is 1. The first-order valence-corrected chi connectivity index (χ1v) is 10.0. The van der Waals surface area contributed by atoms with E-state index >= 15 is 0 Å². The highest BCUT2D eigenvalue weighted by atomic mass is 32.2. The van der Waals surface area contributed by atoms with E-state index in [0.717, 1.165) is 25.0 Å². The fraction of sp³-hybridized carbons (Fsp3) is 0.588. The number of nitrogens with zero attached hydrogens (tertiary/aromatic N) is 2. The van der Waals surface area contributed by atoms with Gasteiger partial charge < -0.3 is 4.90 Å². The molecule has 1 amide bonds. The highest BCUT2D eigenvalue weighted by Gasteiger charge is 2.55. The van der Waals surface area contributed by atoms with Gasteiger partial charge in [-0.25, -0.2) is 17.2 Å². The molecule has 0 radical (unpaired) electrons. The van der Waals surface area contributed by atoms with E-state index in [1.165, 1.54) is 4.31 Å². The Labute approximate surface area is 146 Å². The second-order valence-corrected chi connectivity index (χ2v) is 8.58. The molecule has 2 fully saturated rings. The van der Waals surface area contributed by atoms with E-state index in [0.29, 0.717) is 38.4 Å². The van der Waals surface area contributed by atoms with Crippen LogP contribution in [0.2, 0.25) is 0 Å². The summed E-state index contributed by atoms with van der Waals surface area (Å²) in [6.07, 6.45) is 2.97. The van der Waals surface area contributed by atoms with Gasteiger partial charge in [-0.1, -0.05) is 6.92 Å². The molecule has 0 aliphatic carbocycles. The molecule has 1 aromatic carbocycles. The first kappa shape index (κ1) is 18.3. The van der Waals surface area contributed by atoms with Gasteiger partial charge in [0.25, 0.3) is 0 Å². The Bertz CT molecular complexity index is 762. The van der Waals surface area contributed by atoms with Gasteiger partial charge in [-0.2, -0.15) is 4.31 Å². The molecule has 3 rings (SSSR count). The summed E-state index contributed by atoms with van der Waals surface area (Å²) in [5, 5.41) is 0. The summed E-state index contributed by atoms with van der Waals surface area (Å²) in [5.41, 5.74) is -1.12. The largest absolute Gasteiger partial charge is 0.341 e. The summed E-state index contributed by atoms with van der Waals surface area (Å²) in [5.74, 6) is -2.08. The number of likely N-dealkylation sites (tertiary alicyclic amines) is 1. The number of hydrogen-bond donors (Lipinski definition) is 0. The van der Waals surface area contributed by atoms with Crippen LogP contribution in [0.5, 0.6) is 0 Å². The third-order valence-electron chi connectivity index (χ3n) is 5.05. The number of rotatable bonds is 4. The Kier molecular flexibility index (Phi) is 4.85. The Morgan fingerprint density at radius 1 is 1.08 bits per heavy atom. The first-order valence-electron chi connectivity index (χ1n) is 8.59. The van der Waals surface area contributed by atoms with E-state index in [1.807, 2.05) is 6.92 Å². The second kappa shape index (κ2) is 6.64. The molecule has 0 N–H and O–H groups in total. The molecule has 2 aliphatic heterocycles. The van der Waals surface area contributed by atoms with Crippen LogP contribution in [0.15, 0.2) is 23.1 Å². The van der Waals surface area contributed by atoms with Crippen molar-refractivity contribution in [2.75, 3.05) is 19.6 Å². The van der Waals surface area contributed by atoms with Crippen LogP contribution in [0, 0.1) is 11.6 Å². The summed E-state index contributed by atoms with van der Waals surface area (Å²) >= 11 is 0. The van der Waals surface area contributed by atoms with Crippen molar-refractivity contribution in [3.05, 3.63) is 29.8 Å². The highest BCUT2D eigenvalue weighted by Crippen LogP contribution is 2.41. The maximum absolute atomic E-state index is 13.5. The monoisotopic (exact) mass is 372 g/mol. The van der Waals surface area contributed by atoms with E-state index in [9.17, 15) is 22.0 Å². The van der Waals surface area contributed by atoms with E-state index in [4.69, 9.17) is 0 Å². The molecule has 1 aromatic rings. The predicted octanol–water partition coefficient (Wildman–Crippen LogP) is 2.52. The van der Waals surface area contributed by atoms with Crippen molar-refractivity contribution in [1.29, 1.82) is 0 Å². The molecule has 5 nitrogen and oxygen atoms in total. The zero-order valence-corrected chi connectivity index (χ0v) is 15.0. The topological polar surface area (TPSA) is 57.7 Å². The van der Waals surface area contributed by atoms with Gasteiger partial charge >= 0.3 is 0 Å². The van der Waals surface area contributed by atoms with Crippen LogP contribution in [-0.2, 0) is 14.8 Å². The number of sulfonamides is 1. The van der Waals surface area contributed by atoms with Crippen LogP contribution < -0.4 is 0 Å². The molecule has 0 bridgehead atoms. The molecule has 0 aromatic heterocycles. The number of benzene rings is 1. The van der Waals surface area contributed by atoms with E-state index < -0.39 is 32.1 Å². The zero-order valence-electron chi connectivity index (χ0n) is 14.2. The highest BCUT2D eigenvalue weighted by molar-refractivity contribution is 7.89. The number of carbonyl (C=O) groups excluding carboxylic acids is 1. The summed E-state index contributed by atoms with van der Waals surface area (Å²) < 4.78 is 54.3. The predicted molar refractivity (Wildman–Crippen MR) is 88.3 cm³/mol. The average molecular weight is 372 g/mol. The Hall–Kier alpha value is -1.54. The molecule has 1 spiro atoms. The molecular weight excluding hydrogens is 350 g/mol. The normalized spacial score (nSPS) is 25.1. The van der Waals surface area contributed by atoms with Gasteiger partial charge in [0.05, 0.1) is 4.90 Å². The average Bonchev–Trinajstić information content (AvgIpc) is 2.97. The van der Waals surface area contributed by atoms with Crippen LogP contribution in [-0.4, -0.2) is 48.7 Å². The number of halogens is 2. The lowest BCUT2D eigenvalue weighted by atomic mass is 9.86. The van der Waals surface area contributed by atoms with Crippen LogP contribution >= 0.6 is 0 Å². The van der Waals surface area contributed by atoms with Crippen molar-refractivity contribution in [1.82, 2.24) is 9.21 Å². The fourth-order valence-corrected chi connectivity index (χ4v) is 5.89. The lowest BCUT2D eigenvalue weighted by molar-refractivity contribution is -0.144. The summed E-state index contributed by atoms with van der Waals surface area (Å²) in [6, 6.07) is 2.25. The van der Waals surface area contributed by atoms with Crippen LogP contribution in [0.3, 0.4) is 0 Å². The van der Waals surface area contributed by atoms with Crippen LogP contribution in [0.4, 0.5) is 8.78 Å². The van der Waals surface area contributed by atoms with Gasteiger partial charge in [0.2, 0.25) is 15.9 Å². The summed E-state index contributed by atoms with van der Waals surface area (Å²) in [7, 11) is -4.16. The van der Waals surface area contributed by atoms with Crippen molar-refractivity contribution in [3.8, 4) is 0 Å². The third kappa shape index (κ3) is 3.06. The molecule has 2 aliphatic rings. The molecule has 8 heteroatoms. The number of carbonyl (C=O) groups is 1. The van der Waals surface area contributed by atoms with Gasteiger partial charge in [-0.15, -0.1) is 0 Å². The lowest BCUT2D eigenvalue weighted by Crippen LogP contribution is -2.61. The van der Waals surface area contributed by atoms with Gasteiger partial charge in [-0.3, -0.25) is 4.79 Å². The molecule has 0 saturated carbocycles. The van der Waals surface area contributed by atoms with Gasteiger partial charge in [0.15, 0.2) is 0 Å². The maximum atomic E-state index is 13.5. The zero-order chi connectivity index (χ0) is 18.2. The number of hydrogen-bond acceptors (Lipinski definition) is 3. The van der Waals surface area contributed by atoms with E-state index in [-0.39, 0.29) is 12.5 Å². The van der Waals surface area contributed by atoms with Crippen molar-refractivity contribution in [2.24, 2.45) is 0 Å². The molecule has 1 unspecified atom stereocenters. The summed E-state index contributed by atoms with van der Waals surface area (Å²) in [6.45, 7) is 3.36. The fourth-order valence-electron chi connectivity index (χ4n) is 4.02. The standard InChI is InChI=1S/C17H22F2N2O3S/c1-2-7-20-8-3-5-17(16(20)22)6-4-9-21(17)25(23,24)15-11-13(18)10-14(19)12-15/h10-12H,2-9H2,1H3. The van der Waals surface area contributed by atoms with Crippen molar-refractivity contribution < 1.29 is 22.0 Å². The maximum Gasteiger partial charge on any atom is 0.244 e. The molecule has 138 valence electrons. The van der Waals surface area contributed by atoms with Gasteiger partial charge in [-0.05, 0) is 44.2 Å². The van der Waals surface area contributed by atoms with Gasteiger partial charge in [0, 0.05) is 25.7 Å². The Morgan fingerprint density at radius 2 is 1.68 bits per heavy atom. The minimum atomic E-state index is -4.16. The minimum absolute atomic E-state index is 0.182. The molecular formula is C17H22F2N2O3S. The quantitative estimate of drug-likeness (QED) is 0.816. The van der Waals surface area contributed by atoms with E-state index in [2.05, 4.69) is 0 Å². The second-order valence-electron chi connectivity index (χ2n) is 6.71. The van der Waals surface area contributed by atoms with Crippen LogP contribution in [0.1, 0.15) is 39.0 Å². The Balaban J connectivity index is 2.01. The molecule has 25 heavy (non-hydrogen) atoms. The minimum Gasteiger partial charge on any atom is -0.341 e. The van der Waals surface area contributed by atoms with Crippen molar-refractivity contribution >= 4 is 15.9 Å². The van der Waals surface area contributed by atoms with Crippen molar-refractivity contribution in [3.63, 3.8) is 0 Å². The first-order chi connectivity index (χ1) is 11.8. The van der Waals surface area contributed by atoms with Crippen LogP contribution in [0.25, 0.3) is 0 Å². The smallest absolute Gasteiger partial charge is 0.244 e. The van der Waals surface area contributed by atoms with E-state index in [1.54, 1.807) is 4.90 Å². The molecule has 1 atom stereocenters. The Morgan fingerprint density at radius 3 is 2.28 bits per heavy atom. The molecule has 2 heterocycles.